The quantitative estimate of drug-likeness (QED) is 0.572. The summed E-state index contributed by atoms with van der Waals surface area (Å²) in [5.41, 5.74) is 4.58. The summed E-state index contributed by atoms with van der Waals surface area (Å²) >= 11 is 0. The highest BCUT2D eigenvalue weighted by Crippen LogP contribution is 2.25. The van der Waals surface area contributed by atoms with Gasteiger partial charge in [0.2, 0.25) is 0 Å². The van der Waals surface area contributed by atoms with E-state index in [-0.39, 0.29) is 6.04 Å². The van der Waals surface area contributed by atoms with Gasteiger partial charge < -0.3 is 10.6 Å². The van der Waals surface area contributed by atoms with Crippen LogP contribution in [0.3, 0.4) is 0 Å². The summed E-state index contributed by atoms with van der Waals surface area (Å²) in [6, 6.07) is 9.46. The molecule has 0 unspecified atom stereocenters. The number of rotatable bonds is 4. The molecule has 142 valence electrons. The molecule has 1 aliphatic heterocycles. The molecular formula is C20H20FN7. The summed E-state index contributed by atoms with van der Waals surface area (Å²) in [4.78, 5) is 9.18. The van der Waals surface area contributed by atoms with Crippen LogP contribution in [-0.4, -0.2) is 49.5 Å². The van der Waals surface area contributed by atoms with Crippen LogP contribution in [0.4, 0.5) is 10.2 Å². The van der Waals surface area contributed by atoms with E-state index in [1.54, 1.807) is 4.68 Å². The minimum atomic E-state index is -0.914. The number of fused-ring (bicyclic) bond motifs is 1. The normalized spacial score (nSPS) is 19.4. The lowest BCUT2D eigenvalue weighted by Crippen LogP contribution is -2.29. The van der Waals surface area contributed by atoms with Gasteiger partial charge in [-0.25, -0.2) is 14.4 Å². The Morgan fingerprint density at radius 1 is 1.11 bits per heavy atom. The lowest BCUT2D eigenvalue weighted by Gasteiger charge is -2.15. The third kappa shape index (κ3) is 3.01. The summed E-state index contributed by atoms with van der Waals surface area (Å²) in [7, 11) is 1.90. The van der Waals surface area contributed by atoms with Crippen LogP contribution in [0.15, 0.2) is 55.1 Å². The lowest BCUT2D eigenvalue weighted by molar-refractivity contribution is 0.342. The highest BCUT2D eigenvalue weighted by molar-refractivity contribution is 5.67. The third-order valence-electron chi connectivity index (χ3n) is 5.03. The predicted molar refractivity (Wildman–Crippen MR) is 106 cm³/mol. The van der Waals surface area contributed by atoms with Gasteiger partial charge in [-0.15, -0.1) is 0 Å². The fourth-order valence-electron chi connectivity index (χ4n) is 3.55. The van der Waals surface area contributed by atoms with Crippen LogP contribution >= 0.6 is 0 Å². The standard InChI is InChI=1S/C20H20FN7/c1-27-11-14(7-24-27)13-5-6-20-23-10-18(28(20)12-13)16-3-2-4-19(25-16)26-17-9-22-8-15(17)21/h2-7,10-12,15,17,22H,8-9H2,1H3,(H,25,26)/t15-,17+/m1/s1. The highest BCUT2D eigenvalue weighted by atomic mass is 19.1. The number of anilines is 1. The number of aryl methyl sites for hydroxylation is 1. The molecule has 2 N–H and O–H groups in total. The summed E-state index contributed by atoms with van der Waals surface area (Å²) < 4.78 is 17.7. The van der Waals surface area contributed by atoms with E-state index in [1.807, 2.05) is 66.6 Å². The molecule has 28 heavy (non-hydrogen) atoms. The Morgan fingerprint density at radius 3 is 2.82 bits per heavy atom. The molecule has 0 aromatic carbocycles. The molecule has 1 fully saturated rings. The van der Waals surface area contributed by atoms with Crippen LogP contribution in [0.25, 0.3) is 28.2 Å². The zero-order chi connectivity index (χ0) is 19.1. The van der Waals surface area contributed by atoms with Crippen molar-refractivity contribution in [2.24, 2.45) is 7.05 Å². The van der Waals surface area contributed by atoms with Crippen LogP contribution in [-0.2, 0) is 7.05 Å². The molecule has 0 saturated carbocycles. The average Bonchev–Trinajstić information content (AvgIpc) is 3.42. The SMILES string of the molecule is Cn1cc(-c2ccc3ncc(-c4cccc(N[C@H]5CNC[C@H]5F)n4)n3c2)cn1. The molecule has 0 amide bonds. The average molecular weight is 377 g/mol. The number of nitrogens with zero attached hydrogens (tertiary/aromatic N) is 5. The molecule has 8 heteroatoms. The topological polar surface area (TPSA) is 72.1 Å². The monoisotopic (exact) mass is 377 g/mol. The number of alkyl halides is 1. The smallest absolute Gasteiger partial charge is 0.137 e. The molecule has 5 rings (SSSR count). The maximum Gasteiger partial charge on any atom is 0.137 e. The van der Waals surface area contributed by atoms with Crippen molar-refractivity contribution in [2.75, 3.05) is 18.4 Å². The van der Waals surface area contributed by atoms with Crippen LogP contribution in [0.2, 0.25) is 0 Å². The maximum absolute atomic E-state index is 13.9. The van der Waals surface area contributed by atoms with Crippen LogP contribution < -0.4 is 10.6 Å². The summed E-state index contributed by atoms with van der Waals surface area (Å²) in [5.74, 6) is 0.659. The molecule has 0 spiro atoms. The number of nitrogens with one attached hydrogen (secondary N) is 2. The van der Waals surface area contributed by atoms with Crippen LogP contribution in [0.1, 0.15) is 0 Å². The minimum Gasteiger partial charge on any atom is -0.363 e. The first-order valence-electron chi connectivity index (χ1n) is 9.22. The summed E-state index contributed by atoms with van der Waals surface area (Å²) in [5, 5.41) is 10.5. The molecule has 0 radical (unpaired) electrons. The number of hydrogen-bond acceptors (Lipinski definition) is 5. The van der Waals surface area contributed by atoms with E-state index in [0.717, 1.165) is 28.2 Å². The molecule has 2 atom stereocenters. The number of imidazole rings is 1. The lowest BCUT2D eigenvalue weighted by atomic mass is 10.1. The van der Waals surface area contributed by atoms with Gasteiger partial charge in [0, 0.05) is 43.7 Å². The van der Waals surface area contributed by atoms with E-state index in [9.17, 15) is 4.39 Å². The second-order valence-corrected chi connectivity index (χ2v) is 7.03. The summed E-state index contributed by atoms with van der Waals surface area (Å²) in [6.07, 6.45) is 6.74. The fourth-order valence-corrected chi connectivity index (χ4v) is 3.55. The first-order valence-corrected chi connectivity index (χ1v) is 9.22. The van der Waals surface area contributed by atoms with Crippen molar-refractivity contribution in [3.8, 4) is 22.5 Å². The summed E-state index contributed by atoms with van der Waals surface area (Å²) in [6.45, 7) is 0.971. The van der Waals surface area contributed by atoms with Crippen molar-refractivity contribution >= 4 is 11.5 Å². The highest BCUT2D eigenvalue weighted by Gasteiger charge is 2.26. The zero-order valence-corrected chi connectivity index (χ0v) is 15.4. The maximum atomic E-state index is 13.9. The van der Waals surface area contributed by atoms with Gasteiger partial charge in [-0.2, -0.15) is 5.10 Å². The van der Waals surface area contributed by atoms with E-state index in [0.29, 0.717) is 18.9 Å². The fraction of sp³-hybridized carbons (Fsp3) is 0.250. The molecule has 4 aromatic heterocycles. The van der Waals surface area contributed by atoms with Crippen molar-refractivity contribution in [1.29, 1.82) is 0 Å². The van der Waals surface area contributed by atoms with Gasteiger partial charge in [-0.3, -0.25) is 9.08 Å². The van der Waals surface area contributed by atoms with Crippen molar-refractivity contribution in [2.45, 2.75) is 12.2 Å². The van der Waals surface area contributed by atoms with Gasteiger partial charge in [0.25, 0.3) is 0 Å². The van der Waals surface area contributed by atoms with Gasteiger partial charge in [0.1, 0.15) is 17.6 Å². The zero-order valence-electron chi connectivity index (χ0n) is 15.4. The van der Waals surface area contributed by atoms with E-state index in [2.05, 4.69) is 25.7 Å². The molecular weight excluding hydrogens is 357 g/mol. The molecule has 1 aliphatic rings. The minimum absolute atomic E-state index is 0.262. The third-order valence-corrected chi connectivity index (χ3v) is 5.03. The van der Waals surface area contributed by atoms with Gasteiger partial charge in [0.05, 0.1) is 29.8 Å². The Labute approximate surface area is 161 Å². The van der Waals surface area contributed by atoms with Crippen LogP contribution in [0.5, 0.6) is 0 Å². The van der Waals surface area contributed by atoms with E-state index >= 15 is 0 Å². The number of aromatic nitrogens is 5. The van der Waals surface area contributed by atoms with Gasteiger partial charge in [0.15, 0.2) is 0 Å². The number of hydrogen-bond donors (Lipinski definition) is 2. The van der Waals surface area contributed by atoms with Gasteiger partial charge >= 0.3 is 0 Å². The van der Waals surface area contributed by atoms with Crippen LogP contribution in [0, 0.1) is 0 Å². The second kappa shape index (κ2) is 6.72. The number of halogens is 1. The Kier molecular flexibility index (Phi) is 4.05. The molecule has 0 bridgehead atoms. The second-order valence-electron chi connectivity index (χ2n) is 7.03. The first kappa shape index (κ1) is 16.9. The largest absolute Gasteiger partial charge is 0.363 e. The van der Waals surface area contributed by atoms with Gasteiger partial charge in [-0.05, 0) is 24.3 Å². The van der Waals surface area contributed by atoms with Gasteiger partial charge in [-0.1, -0.05) is 6.07 Å². The number of pyridine rings is 2. The van der Waals surface area contributed by atoms with Crippen molar-refractivity contribution in [3.63, 3.8) is 0 Å². The van der Waals surface area contributed by atoms with E-state index < -0.39 is 6.17 Å². The predicted octanol–water partition coefficient (Wildman–Crippen LogP) is 2.52. The Hall–Kier alpha value is -3.26. The van der Waals surface area contributed by atoms with E-state index in [1.165, 1.54) is 0 Å². The first-order chi connectivity index (χ1) is 13.7. The van der Waals surface area contributed by atoms with E-state index in [4.69, 9.17) is 0 Å². The molecule has 1 saturated heterocycles. The Balaban J connectivity index is 1.51. The Morgan fingerprint density at radius 2 is 2.04 bits per heavy atom. The van der Waals surface area contributed by atoms with Crippen molar-refractivity contribution < 1.29 is 4.39 Å². The molecule has 0 aliphatic carbocycles. The van der Waals surface area contributed by atoms with Crippen molar-refractivity contribution in [1.82, 2.24) is 29.5 Å². The molecule has 7 nitrogen and oxygen atoms in total. The molecule has 5 heterocycles. The molecule has 4 aromatic rings. The van der Waals surface area contributed by atoms with Crippen molar-refractivity contribution in [3.05, 3.63) is 55.1 Å². The Bertz CT molecular complexity index is 1130.